The molecule has 12 aromatic carbocycles. The Morgan fingerprint density at radius 1 is 0.120 bits per heavy atom. The summed E-state index contributed by atoms with van der Waals surface area (Å²) in [7, 11) is 0. The molecule has 0 aliphatic heterocycles. The molecule has 0 aliphatic carbocycles. The molecule has 0 nitrogen and oxygen atoms in total. The minimum Gasteiger partial charge on any atom is -0.0616 e. The van der Waals surface area contributed by atoms with Crippen molar-refractivity contribution in [1.29, 1.82) is 0 Å². The van der Waals surface area contributed by atoms with Gasteiger partial charge in [-0.05, 0) is 196 Å². The first-order chi connectivity index (χ1) is 49.1. The molecule has 0 saturated carbocycles. The van der Waals surface area contributed by atoms with E-state index in [0.717, 1.165) is 0 Å². The Bertz CT molecular complexity index is 4810. The van der Waals surface area contributed by atoms with Crippen LogP contribution in [-0.2, 0) is 65.0 Å². The zero-order valence-corrected chi connectivity index (χ0v) is 74.8. The maximum Gasteiger partial charge on any atom is -0.0126 e. The van der Waals surface area contributed by atoms with Crippen LogP contribution in [0.4, 0.5) is 0 Å². The van der Waals surface area contributed by atoms with E-state index in [0.29, 0.717) is 0 Å². The first-order valence-corrected chi connectivity index (χ1v) is 40.4. The van der Waals surface area contributed by atoms with E-state index >= 15 is 0 Å². The Morgan fingerprint density at radius 2 is 0.361 bits per heavy atom. The predicted octanol–water partition coefficient (Wildman–Crippen LogP) is 32.6. The molecule has 12 rings (SSSR count). The highest BCUT2D eigenvalue weighted by molar-refractivity contribution is 5.92. The average Bonchev–Trinajstić information content (AvgIpc) is 0.759. The van der Waals surface area contributed by atoms with E-state index in [9.17, 15) is 0 Å². The highest BCUT2D eigenvalue weighted by Gasteiger charge is 2.27. The van der Waals surface area contributed by atoms with Gasteiger partial charge in [0.05, 0.1) is 0 Å². The fourth-order valence-corrected chi connectivity index (χ4v) is 14.1. The van der Waals surface area contributed by atoms with Gasteiger partial charge in [0, 0.05) is 0 Å². The quantitative estimate of drug-likeness (QED) is 0.142. The summed E-state index contributed by atoms with van der Waals surface area (Å²) >= 11 is 0. The van der Waals surface area contributed by atoms with Gasteiger partial charge in [-0.1, -0.05) is 468 Å². The first kappa shape index (κ1) is 87.4. The first-order valence-electron chi connectivity index (χ1n) is 40.4. The van der Waals surface area contributed by atoms with E-state index in [4.69, 9.17) is 0 Å². The maximum absolute atomic E-state index is 2.39. The largest absolute Gasteiger partial charge is 0.0616 e. The van der Waals surface area contributed by atoms with Crippen LogP contribution in [0, 0.1) is 0 Å². The molecule has 0 bridgehead atoms. The normalized spacial score (nSPS) is 13.0. The standard InChI is InChI=1S/6C18H24/c1-17(2,3)15-9-7-14-12-16(18(4,5)6)10-8-13(14)11-15;1-17(2,3)15-9-7-13-8-10-16(18(4,5)6)12-14(13)11-15;1-17(2,3)14-10-11-15-13(12-14)8-7-9-16(15)18(4,5)6;1-17(2,3)14-11-10-13-8-7-9-16(15(13)12-14)18(4,5)6;1-17(2,3)14-11-13-9-7-8-10-15(13)16(12-14)18(4,5)6;1-17(2,3)15-11-12-16(18(4,5)6)14-10-8-7-9-13(14)15/h6*7-12H,1-6H3. The topological polar surface area (TPSA) is 0 Å². The van der Waals surface area contributed by atoms with Crippen molar-refractivity contribution in [3.8, 4) is 0 Å². The molecule has 108 heavy (non-hydrogen) atoms. The lowest BCUT2D eigenvalue weighted by Crippen LogP contribution is -2.16. The summed E-state index contributed by atoms with van der Waals surface area (Å²) in [6.07, 6.45) is 0. The summed E-state index contributed by atoms with van der Waals surface area (Å²) in [6.45, 7) is 81.9. The molecule has 0 atom stereocenters. The van der Waals surface area contributed by atoms with E-state index in [1.54, 1.807) is 0 Å². The zero-order chi connectivity index (χ0) is 81.3. The van der Waals surface area contributed by atoms with Gasteiger partial charge in [0.1, 0.15) is 0 Å². The number of rotatable bonds is 0. The number of hydrogen-bond donors (Lipinski definition) is 0. The maximum atomic E-state index is 2.39. The third-order valence-electron chi connectivity index (χ3n) is 21.3. The van der Waals surface area contributed by atoms with Crippen LogP contribution < -0.4 is 0 Å². The number of hydrogen-bond acceptors (Lipinski definition) is 0. The Balaban J connectivity index is 0.000000180. The third-order valence-corrected chi connectivity index (χ3v) is 21.3. The molecule has 0 heteroatoms. The molecular weight excluding hydrogens is 1300 g/mol. The fourth-order valence-electron chi connectivity index (χ4n) is 14.1. The highest BCUT2D eigenvalue weighted by atomic mass is 14.3. The molecule has 0 aromatic heterocycles. The van der Waals surface area contributed by atoms with Gasteiger partial charge in [-0.25, -0.2) is 0 Å². The van der Waals surface area contributed by atoms with E-state index in [1.807, 2.05) is 0 Å². The minimum absolute atomic E-state index is 0.181. The van der Waals surface area contributed by atoms with Crippen molar-refractivity contribution in [2.24, 2.45) is 0 Å². The summed E-state index contributed by atoms with van der Waals surface area (Å²) in [5, 5.41) is 16.4. The SMILES string of the molecule is CC(C)(C)c1cc(C(C)(C)C)c2ccccc2c1.CC(C)(C)c1ccc(C(C)(C)C)c2ccccc12.CC(C)(C)c1ccc2c(C(C)(C)C)cccc2c1.CC(C)(C)c1ccc2cc(C(C)(C)C)ccc2c1.CC(C)(C)c1ccc2ccc(C(C)(C)C)cc2c1.CC(C)(C)c1ccc2cccc(C(C)(C)C)c2c1. The Hall–Kier alpha value is -7.80. The lowest BCUT2D eigenvalue weighted by atomic mass is 9.78. The molecular formula is C108H144. The van der Waals surface area contributed by atoms with Crippen LogP contribution in [0.5, 0.6) is 0 Å². The van der Waals surface area contributed by atoms with Crippen LogP contribution in [0.25, 0.3) is 64.6 Å². The highest BCUT2D eigenvalue weighted by Crippen LogP contribution is 2.41. The van der Waals surface area contributed by atoms with Crippen LogP contribution >= 0.6 is 0 Å². The van der Waals surface area contributed by atoms with Gasteiger partial charge in [0.15, 0.2) is 0 Å². The second kappa shape index (κ2) is 32.3. The van der Waals surface area contributed by atoms with Crippen LogP contribution in [0.2, 0.25) is 0 Å². The van der Waals surface area contributed by atoms with E-state index in [2.05, 4.69) is 468 Å². The molecule has 0 heterocycles. The van der Waals surface area contributed by atoms with Crippen LogP contribution in [0.1, 0.15) is 316 Å². The summed E-state index contributed by atoms with van der Waals surface area (Å²) in [4.78, 5) is 0. The van der Waals surface area contributed by atoms with Gasteiger partial charge in [-0.2, -0.15) is 0 Å². The van der Waals surface area contributed by atoms with Gasteiger partial charge >= 0.3 is 0 Å². The second-order valence-corrected chi connectivity index (χ2v) is 43.5. The molecule has 0 amide bonds. The average molecular weight is 1440 g/mol. The number of benzene rings is 12. The molecule has 0 N–H and O–H groups in total. The van der Waals surface area contributed by atoms with Gasteiger partial charge < -0.3 is 0 Å². The van der Waals surface area contributed by atoms with Gasteiger partial charge in [0.2, 0.25) is 0 Å². The van der Waals surface area contributed by atoms with Crippen molar-refractivity contribution < 1.29 is 0 Å². The molecule has 0 fully saturated rings. The van der Waals surface area contributed by atoms with Crippen LogP contribution in [0.15, 0.2) is 218 Å². The van der Waals surface area contributed by atoms with E-state index < -0.39 is 0 Å². The van der Waals surface area contributed by atoms with Gasteiger partial charge in [-0.15, -0.1) is 0 Å². The van der Waals surface area contributed by atoms with E-state index in [-0.39, 0.29) is 65.0 Å². The predicted molar refractivity (Wildman–Crippen MR) is 488 cm³/mol. The fraction of sp³-hybridized carbons (Fsp3) is 0.444. The lowest BCUT2D eigenvalue weighted by molar-refractivity contribution is 0.573. The molecule has 576 valence electrons. The molecule has 0 unspecified atom stereocenters. The third kappa shape index (κ3) is 22.9. The van der Waals surface area contributed by atoms with Gasteiger partial charge in [-0.3, -0.25) is 0 Å². The minimum atomic E-state index is 0.181. The zero-order valence-electron chi connectivity index (χ0n) is 74.8. The molecule has 0 saturated heterocycles. The van der Waals surface area contributed by atoms with Crippen molar-refractivity contribution in [2.75, 3.05) is 0 Å². The summed E-state index contributed by atoms with van der Waals surface area (Å²) in [5.74, 6) is 0. The summed E-state index contributed by atoms with van der Waals surface area (Å²) in [5.41, 5.74) is 19.5. The van der Waals surface area contributed by atoms with E-state index in [1.165, 1.54) is 131 Å². The van der Waals surface area contributed by atoms with Crippen LogP contribution in [0.3, 0.4) is 0 Å². The molecule has 12 aromatic rings. The van der Waals surface area contributed by atoms with Crippen molar-refractivity contribution in [1.82, 2.24) is 0 Å². The monoisotopic (exact) mass is 1440 g/mol. The van der Waals surface area contributed by atoms with Crippen molar-refractivity contribution in [3.05, 3.63) is 285 Å². The lowest BCUT2D eigenvalue weighted by Gasteiger charge is -2.26. The second-order valence-electron chi connectivity index (χ2n) is 43.5. The Labute approximate surface area is 659 Å². The smallest absolute Gasteiger partial charge is 0.0126 e. The van der Waals surface area contributed by atoms with Crippen molar-refractivity contribution in [3.63, 3.8) is 0 Å². The number of fused-ring (bicyclic) bond motifs is 6. The molecule has 0 aliphatic rings. The molecule has 0 radical (unpaired) electrons. The van der Waals surface area contributed by atoms with Crippen molar-refractivity contribution in [2.45, 2.75) is 314 Å². The molecule has 0 spiro atoms. The Kier molecular flexibility index (Phi) is 26.1. The van der Waals surface area contributed by atoms with Crippen LogP contribution in [-0.4, -0.2) is 0 Å². The van der Waals surface area contributed by atoms with Crippen molar-refractivity contribution >= 4 is 64.6 Å². The van der Waals surface area contributed by atoms with Gasteiger partial charge in [0.25, 0.3) is 0 Å². The summed E-state index contributed by atoms with van der Waals surface area (Å²) in [6, 6.07) is 81.2. The Morgan fingerprint density at radius 3 is 0.713 bits per heavy atom. The summed E-state index contributed by atoms with van der Waals surface area (Å²) < 4.78 is 0.